The quantitative estimate of drug-likeness (QED) is 0.806. The van der Waals surface area contributed by atoms with E-state index >= 15 is 0 Å². The molecule has 24 heavy (non-hydrogen) atoms. The lowest BCUT2D eigenvalue weighted by Gasteiger charge is -2.33. The molecule has 0 saturated carbocycles. The van der Waals surface area contributed by atoms with Crippen molar-refractivity contribution in [3.63, 3.8) is 0 Å². The molecule has 3 rings (SSSR count). The van der Waals surface area contributed by atoms with Crippen LogP contribution in [0.5, 0.6) is 0 Å². The van der Waals surface area contributed by atoms with Crippen molar-refractivity contribution >= 4 is 0 Å². The summed E-state index contributed by atoms with van der Waals surface area (Å²) in [6.45, 7) is 5.99. The molecule has 0 radical (unpaired) electrons. The molecule has 2 aliphatic heterocycles. The zero-order chi connectivity index (χ0) is 16.6. The molecule has 0 aliphatic carbocycles. The van der Waals surface area contributed by atoms with E-state index in [1.165, 1.54) is 32.1 Å². The van der Waals surface area contributed by atoms with Gasteiger partial charge in [0.1, 0.15) is 0 Å². The van der Waals surface area contributed by atoms with Gasteiger partial charge in [0.05, 0.1) is 12.2 Å². The van der Waals surface area contributed by atoms with E-state index in [0.717, 1.165) is 50.8 Å². The molecule has 2 atom stereocenters. The van der Waals surface area contributed by atoms with Gasteiger partial charge in [-0.3, -0.25) is 0 Å². The topological polar surface area (TPSA) is 44.7 Å². The Hall–Kier alpha value is -0.940. The van der Waals surface area contributed by atoms with E-state index in [1.54, 1.807) is 0 Å². The average molecular weight is 332 g/mol. The van der Waals surface area contributed by atoms with Gasteiger partial charge in [-0.15, -0.1) is 0 Å². The van der Waals surface area contributed by atoms with Crippen molar-refractivity contribution in [1.82, 2.24) is 10.2 Å². The van der Waals surface area contributed by atoms with E-state index in [9.17, 15) is 5.11 Å². The first kappa shape index (κ1) is 17.9. The van der Waals surface area contributed by atoms with Crippen molar-refractivity contribution in [1.29, 1.82) is 0 Å². The summed E-state index contributed by atoms with van der Waals surface area (Å²) in [6.07, 6.45) is 6.26. The lowest BCUT2D eigenvalue weighted by molar-refractivity contribution is 0.0158. The Labute approximate surface area is 146 Å². The number of likely N-dealkylation sites (tertiary alicyclic amines) is 1. The van der Waals surface area contributed by atoms with Gasteiger partial charge in [0.25, 0.3) is 0 Å². The van der Waals surface area contributed by atoms with Crippen LogP contribution < -0.4 is 5.32 Å². The van der Waals surface area contributed by atoms with Gasteiger partial charge in [0.2, 0.25) is 0 Å². The molecule has 0 bridgehead atoms. The summed E-state index contributed by atoms with van der Waals surface area (Å²) in [5, 5.41) is 14.0. The first-order chi connectivity index (χ1) is 11.8. The number of β-amino-alcohol motifs (C(OH)–C–C–N with tert-alkyl or cyclic N) is 1. The number of hydrogen-bond donors (Lipinski definition) is 2. The van der Waals surface area contributed by atoms with E-state index in [-0.39, 0.29) is 6.10 Å². The largest absolute Gasteiger partial charge is 0.387 e. The predicted octanol–water partition coefficient (Wildman–Crippen LogP) is 2.59. The van der Waals surface area contributed by atoms with Gasteiger partial charge in [-0.05, 0) is 63.2 Å². The summed E-state index contributed by atoms with van der Waals surface area (Å²) in [6, 6.07) is 10.00. The van der Waals surface area contributed by atoms with E-state index in [1.807, 2.05) is 30.3 Å². The molecule has 4 nitrogen and oxygen atoms in total. The number of hydrogen-bond acceptors (Lipinski definition) is 4. The third-order valence-corrected chi connectivity index (χ3v) is 5.40. The molecule has 2 saturated heterocycles. The predicted molar refractivity (Wildman–Crippen MR) is 97.0 cm³/mol. The summed E-state index contributed by atoms with van der Waals surface area (Å²) in [7, 11) is 0. The molecule has 134 valence electrons. The van der Waals surface area contributed by atoms with E-state index < -0.39 is 0 Å². The molecule has 2 aliphatic rings. The van der Waals surface area contributed by atoms with Gasteiger partial charge in [0, 0.05) is 19.7 Å². The van der Waals surface area contributed by atoms with Gasteiger partial charge < -0.3 is 20.1 Å². The lowest BCUT2D eigenvalue weighted by atomic mass is 9.96. The molecule has 0 aromatic heterocycles. The number of rotatable bonds is 7. The Morgan fingerprint density at radius 3 is 2.58 bits per heavy atom. The maximum Gasteiger partial charge on any atom is 0.0916 e. The minimum Gasteiger partial charge on any atom is -0.387 e. The van der Waals surface area contributed by atoms with Crippen molar-refractivity contribution in [3.05, 3.63) is 35.9 Å². The van der Waals surface area contributed by atoms with Crippen LogP contribution in [0.15, 0.2) is 30.3 Å². The van der Waals surface area contributed by atoms with Gasteiger partial charge in [-0.25, -0.2) is 0 Å². The van der Waals surface area contributed by atoms with E-state index in [4.69, 9.17) is 4.74 Å². The maximum absolute atomic E-state index is 10.4. The Balaban J connectivity index is 1.31. The Morgan fingerprint density at radius 1 is 1.08 bits per heavy atom. The average Bonchev–Trinajstić information content (AvgIpc) is 2.65. The van der Waals surface area contributed by atoms with Gasteiger partial charge in [-0.2, -0.15) is 0 Å². The molecular weight excluding hydrogens is 300 g/mol. The third kappa shape index (κ3) is 5.55. The standard InChI is InChI=1S/C20H32N2O2/c23-20(18-6-2-1-3-7-18)16-22-11-9-17(10-12-22)14-21-15-19-8-4-5-13-24-19/h1-3,6-7,17,19-21,23H,4-5,8-16H2/t19-,20+/m1/s1. The first-order valence-corrected chi connectivity index (χ1v) is 9.59. The van der Waals surface area contributed by atoms with Crippen LogP contribution in [0.4, 0.5) is 0 Å². The molecule has 0 amide bonds. The molecule has 1 aromatic rings. The van der Waals surface area contributed by atoms with Crippen molar-refractivity contribution in [2.24, 2.45) is 5.92 Å². The monoisotopic (exact) mass is 332 g/mol. The summed E-state index contributed by atoms with van der Waals surface area (Å²) < 4.78 is 5.77. The van der Waals surface area contributed by atoms with Gasteiger partial charge >= 0.3 is 0 Å². The highest BCUT2D eigenvalue weighted by Gasteiger charge is 2.22. The number of ether oxygens (including phenoxy) is 1. The van der Waals surface area contributed by atoms with Crippen molar-refractivity contribution in [2.45, 2.75) is 44.3 Å². The fraction of sp³-hybridized carbons (Fsp3) is 0.700. The van der Waals surface area contributed by atoms with Crippen LogP contribution in [0.3, 0.4) is 0 Å². The van der Waals surface area contributed by atoms with Crippen molar-refractivity contribution in [2.75, 3.05) is 39.3 Å². The summed E-state index contributed by atoms with van der Waals surface area (Å²) in [5.41, 5.74) is 1.02. The van der Waals surface area contributed by atoms with Gasteiger partial charge in [-0.1, -0.05) is 30.3 Å². The van der Waals surface area contributed by atoms with Crippen LogP contribution >= 0.6 is 0 Å². The molecule has 2 fully saturated rings. The fourth-order valence-corrected chi connectivity index (χ4v) is 3.82. The number of nitrogens with one attached hydrogen (secondary N) is 1. The van der Waals surface area contributed by atoms with Gasteiger partial charge in [0.15, 0.2) is 0 Å². The second-order valence-electron chi connectivity index (χ2n) is 7.32. The van der Waals surface area contributed by atoms with Crippen LogP contribution in [0, 0.1) is 5.92 Å². The fourth-order valence-electron chi connectivity index (χ4n) is 3.82. The highest BCUT2D eigenvalue weighted by atomic mass is 16.5. The summed E-state index contributed by atoms with van der Waals surface area (Å²) in [5.74, 6) is 0.763. The third-order valence-electron chi connectivity index (χ3n) is 5.40. The second kappa shape index (κ2) is 9.52. The smallest absolute Gasteiger partial charge is 0.0916 e. The zero-order valence-electron chi connectivity index (χ0n) is 14.7. The van der Waals surface area contributed by atoms with E-state index in [0.29, 0.717) is 6.10 Å². The minimum absolute atomic E-state index is 0.371. The first-order valence-electron chi connectivity index (χ1n) is 9.59. The Bertz CT molecular complexity index is 454. The van der Waals surface area contributed by atoms with Crippen LogP contribution in [-0.4, -0.2) is 55.4 Å². The molecule has 0 spiro atoms. The Kier molecular flexibility index (Phi) is 7.09. The number of nitrogens with zero attached hydrogens (tertiary/aromatic N) is 1. The van der Waals surface area contributed by atoms with Crippen LogP contribution in [0.1, 0.15) is 43.8 Å². The Morgan fingerprint density at radius 2 is 1.88 bits per heavy atom. The molecule has 4 heteroatoms. The van der Waals surface area contributed by atoms with Crippen LogP contribution in [-0.2, 0) is 4.74 Å². The SMILES string of the molecule is O[C@@H](CN1CCC(CNC[C@H]2CCCCO2)CC1)c1ccccc1. The minimum atomic E-state index is -0.371. The number of benzene rings is 1. The van der Waals surface area contributed by atoms with Crippen molar-refractivity contribution < 1.29 is 9.84 Å². The van der Waals surface area contributed by atoms with Crippen LogP contribution in [0.2, 0.25) is 0 Å². The summed E-state index contributed by atoms with van der Waals surface area (Å²) >= 11 is 0. The number of aliphatic hydroxyl groups excluding tert-OH is 1. The van der Waals surface area contributed by atoms with E-state index in [2.05, 4.69) is 10.2 Å². The molecule has 2 N–H and O–H groups in total. The summed E-state index contributed by atoms with van der Waals surface area (Å²) in [4.78, 5) is 2.40. The molecular formula is C20H32N2O2. The van der Waals surface area contributed by atoms with Crippen molar-refractivity contribution in [3.8, 4) is 0 Å². The highest BCUT2D eigenvalue weighted by Crippen LogP contribution is 2.20. The number of piperidine rings is 1. The second-order valence-corrected chi connectivity index (χ2v) is 7.32. The maximum atomic E-state index is 10.4. The molecule has 0 unspecified atom stereocenters. The number of aliphatic hydroxyl groups is 1. The normalized spacial score (nSPS) is 24.8. The molecule has 2 heterocycles. The lowest BCUT2D eigenvalue weighted by Crippen LogP contribution is -2.40. The van der Waals surface area contributed by atoms with Crippen LogP contribution in [0.25, 0.3) is 0 Å². The highest BCUT2D eigenvalue weighted by molar-refractivity contribution is 5.17. The molecule has 1 aromatic carbocycles. The zero-order valence-corrected chi connectivity index (χ0v) is 14.7.